The maximum atomic E-state index is 13.0. The summed E-state index contributed by atoms with van der Waals surface area (Å²) in [4.78, 5) is 27.3. The summed E-state index contributed by atoms with van der Waals surface area (Å²) in [5, 5.41) is 2.98. The van der Waals surface area contributed by atoms with Gasteiger partial charge in [0.05, 0.1) is 5.37 Å². The molecule has 2 amide bonds. The third-order valence-electron chi connectivity index (χ3n) is 4.18. The lowest BCUT2D eigenvalue weighted by Crippen LogP contribution is -2.50. The van der Waals surface area contributed by atoms with Crippen LogP contribution in [0.3, 0.4) is 0 Å². The molecular weight excluding hydrogens is 324 g/mol. The maximum Gasteiger partial charge on any atom is 0.255 e. The van der Waals surface area contributed by atoms with Gasteiger partial charge in [-0.15, -0.1) is 11.8 Å². The minimum Gasteiger partial charge on any atom is -0.385 e. The van der Waals surface area contributed by atoms with Gasteiger partial charge in [0, 0.05) is 31.6 Å². The molecule has 1 heterocycles. The van der Waals surface area contributed by atoms with Gasteiger partial charge in [-0.2, -0.15) is 0 Å². The normalized spacial score (nSPS) is 20.2. The van der Waals surface area contributed by atoms with Crippen LogP contribution in [0, 0.1) is 6.92 Å². The number of hydrogen-bond acceptors (Lipinski definition) is 4. The molecule has 1 saturated heterocycles. The van der Waals surface area contributed by atoms with Gasteiger partial charge in [0.2, 0.25) is 5.91 Å². The van der Waals surface area contributed by atoms with Crippen molar-refractivity contribution in [3.63, 3.8) is 0 Å². The highest BCUT2D eigenvalue weighted by atomic mass is 32.2. The average Bonchev–Trinajstić information content (AvgIpc) is 3.02. The molecule has 2 unspecified atom stereocenters. The van der Waals surface area contributed by atoms with Crippen molar-refractivity contribution in [1.29, 1.82) is 0 Å². The van der Waals surface area contributed by atoms with Crippen molar-refractivity contribution in [2.75, 3.05) is 26.0 Å². The third-order valence-corrected chi connectivity index (χ3v) is 5.63. The molecule has 6 heteroatoms. The zero-order valence-corrected chi connectivity index (χ0v) is 15.4. The number of hydrogen-bond donors (Lipinski definition) is 1. The Labute approximate surface area is 148 Å². The molecule has 1 aromatic rings. The van der Waals surface area contributed by atoms with E-state index in [4.69, 9.17) is 4.74 Å². The number of benzene rings is 1. The van der Waals surface area contributed by atoms with E-state index >= 15 is 0 Å². The molecule has 2 rings (SSSR count). The topological polar surface area (TPSA) is 58.6 Å². The molecular formula is C18H26N2O3S. The molecule has 0 radical (unpaired) electrons. The summed E-state index contributed by atoms with van der Waals surface area (Å²) in [6.07, 6.45) is 1.60. The van der Waals surface area contributed by atoms with Crippen molar-refractivity contribution in [2.45, 2.75) is 38.1 Å². The highest BCUT2D eigenvalue weighted by Crippen LogP contribution is 2.33. The first-order chi connectivity index (χ1) is 11.6. The monoisotopic (exact) mass is 350 g/mol. The van der Waals surface area contributed by atoms with Crippen LogP contribution in [0.15, 0.2) is 24.3 Å². The number of carbonyl (C=O) groups excluding carboxylic acids is 2. The van der Waals surface area contributed by atoms with Crippen molar-refractivity contribution in [2.24, 2.45) is 0 Å². The molecule has 0 bridgehead atoms. The number of methoxy groups -OCH3 is 1. The van der Waals surface area contributed by atoms with Crippen molar-refractivity contribution < 1.29 is 14.3 Å². The zero-order valence-electron chi connectivity index (χ0n) is 14.6. The molecule has 24 heavy (non-hydrogen) atoms. The Morgan fingerprint density at radius 3 is 2.79 bits per heavy atom. The van der Waals surface area contributed by atoms with E-state index in [1.54, 1.807) is 23.8 Å². The zero-order chi connectivity index (χ0) is 17.5. The van der Waals surface area contributed by atoms with Gasteiger partial charge in [0.1, 0.15) is 6.04 Å². The predicted octanol–water partition coefficient (Wildman–Crippen LogP) is 2.44. The highest BCUT2D eigenvalue weighted by molar-refractivity contribution is 8.00. The van der Waals surface area contributed by atoms with Crippen LogP contribution in [0.2, 0.25) is 0 Å². The van der Waals surface area contributed by atoms with Gasteiger partial charge in [0.15, 0.2) is 0 Å². The minimum atomic E-state index is -0.408. The van der Waals surface area contributed by atoms with Crippen LogP contribution in [-0.4, -0.2) is 54.1 Å². The van der Waals surface area contributed by atoms with Crippen LogP contribution in [0.4, 0.5) is 0 Å². The molecule has 0 saturated carbocycles. The molecule has 0 aromatic heterocycles. The first-order valence-electron chi connectivity index (χ1n) is 8.36. The molecule has 5 nitrogen and oxygen atoms in total. The molecule has 2 atom stereocenters. The number of rotatable bonds is 7. The van der Waals surface area contributed by atoms with Gasteiger partial charge in [-0.3, -0.25) is 9.59 Å². The van der Waals surface area contributed by atoms with Gasteiger partial charge >= 0.3 is 0 Å². The standard InChI is InChI=1S/C18H26N2O3S/c1-4-16-20(18(22)14-9-6-5-8-13(14)2)15(12-24-16)17(21)19-10-7-11-23-3/h5-6,8-9,15-16H,4,7,10-12H2,1-3H3,(H,19,21). The summed E-state index contributed by atoms with van der Waals surface area (Å²) in [5.41, 5.74) is 1.61. The quantitative estimate of drug-likeness (QED) is 0.768. The van der Waals surface area contributed by atoms with Crippen LogP contribution >= 0.6 is 11.8 Å². The van der Waals surface area contributed by atoms with E-state index < -0.39 is 6.04 Å². The Balaban J connectivity index is 2.12. The highest BCUT2D eigenvalue weighted by Gasteiger charge is 2.41. The lowest BCUT2D eigenvalue weighted by atomic mass is 10.1. The Morgan fingerprint density at radius 1 is 1.38 bits per heavy atom. The summed E-state index contributed by atoms with van der Waals surface area (Å²) in [6.45, 7) is 5.16. The lowest BCUT2D eigenvalue weighted by molar-refractivity contribution is -0.124. The second-order valence-corrected chi connectivity index (χ2v) is 7.09. The first-order valence-corrected chi connectivity index (χ1v) is 9.41. The summed E-state index contributed by atoms with van der Waals surface area (Å²) in [7, 11) is 1.64. The van der Waals surface area contributed by atoms with E-state index in [0.717, 1.165) is 18.4 Å². The average molecular weight is 350 g/mol. The van der Waals surface area contributed by atoms with E-state index in [9.17, 15) is 9.59 Å². The van der Waals surface area contributed by atoms with Crippen molar-refractivity contribution in [1.82, 2.24) is 10.2 Å². The van der Waals surface area contributed by atoms with Crippen LogP contribution in [0.5, 0.6) is 0 Å². The number of amides is 2. The number of ether oxygens (including phenoxy) is 1. The van der Waals surface area contributed by atoms with E-state index in [1.807, 2.05) is 31.2 Å². The summed E-state index contributed by atoms with van der Waals surface area (Å²) in [6, 6.07) is 7.14. The molecule has 1 aliphatic rings. The third kappa shape index (κ3) is 4.30. The molecule has 0 spiro atoms. The van der Waals surface area contributed by atoms with Crippen LogP contribution in [-0.2, 0) is 9.53 Å². The second-order valence-electron chi connectivity index (χ2n) is 5.88. The van der Waals surface area contributed by atoms with Gasteiger partial charge in [0.25, 0.3) is 5.91 Å². The predicted molar refractivity (Wildman–Crippen MR) is 97.2 cm³/mol. The maximum absolute atomic E-state index is 13.0. The number of aryl methyl sites for hydroxylation is 1. The van der Waals surface area contributed by atoms with Crippen molar-refractivity contribution in [3.05, 3.63) is 35.4 Å². The van der Waals surface area contributed by atoms with Crippen LogP contribution < -0.4 is 5.32 Å². The fraction of sp³-hybridized carbons (Fsp3) is 0.556. The van der Waals surface area contributed by atoms with E-state index in [2.05, 4.69) is 12.2 Å². The van der Waals surface area contributed by atoms with E-state index in [1.165, 1.54) is 0 Å². The summed E-state index contributed by atoms with van der Waals surface area (Å²) < 4.78 is 4.99. The van der Waals surface area contributed by atoms with Crippen molar-refractivity contribution >= 4 is 23.6 Å². The van der Waals surface area contributed by atoms with Gasteiger partial charge < -0.3 is 15.0 Å². The van der Waals surface area contributed by atoms with Crippen LogP contribution in [0.25, 0.3) is 0 Å². The number of nitrogens with zero attached hydrogens (tertiary/aromatic N) is 1. The fourth-order valence-electron chi connectivity index (χ4n) is 2.85. The summed E-state index contributed by atoms with van der Waals surface area (Å²) >= 11 is 1.68. The summed E-state index contributed by atoms with van der Waals surface area (Å²) in [5.74, 6) is 0.519. The Bertz CT molecular complexity index is 579. The number of nitrogens with one attached hydrogen (secondary N) is 1. The Morgan fingerprint density at radius 2 is 2.12 bits per heavy atom. The first kappa shape index (κ1) is 18.8. The SMILES string of the molecule is CCC1SCC(C(=O)NCCCOC)N1C(=O)c1ccccc1C. The van der Waals surface area contributed by atoms with Crippen molar-refractivity contribution in [3.8, 4) is 0 Å². The molecule has 0 aliphatic carbocycles. The Kier molecular flexibility index (Phi) is 7.12. The van der Waals surface area contributed by atoms with Gasteiger partial charge in [-0.25, -0.2) is 0 Å². The van der Waals surface area contributed by atoms with Gasteiger partial charge in [-0.05, 0) is 31.4 Å². The molecule has 1 N–H and O–H groups in total. The molecule has 1 aromatic carbocycles. The lowest BCUT2D eigenvalue weighted by Gasteiger charge is -2.29. The molecule has 1 fully saturated rings. The molecule has 132 valence electrons. The van der Waals surface area contributed by atoms with E-state index in [0.29, 0.717) is 24.5 Å². The second kappa shape index (κ2) is 9.08. The number of carbonyl (C=O) groups is 2. The van der Waals surface area contributed by atoms with Crippen LogP contribution in [0.1, 0.15) is 35.7 Å². The number of thioether (sulfide) groups is 1. The Hall–Kier alpha value is -1.53. The molecule has 1 aliphatic heterocycles. The van der Waals surface area contributed by atoms with Gasteiger partial charge in [-0.1, -0.05) is 25.1 Å². The fourth-order valence-corrected chi connectivity index (χ4v) is 4.21. The van der Waals surface area contributed by atoms with E-state index in [-0.39, 0.29) is 17.2 Å². The minimum absolute atomic E-state index is 0.0480. The smallest absolute Gasteiger partial charge is 0.255 e. The largest absolute Gasteiger partial charge is 0.385 e.